The van der Waals surface area contributed by atoms with Gasteiger partial charge in [0.25, 0.3) is 5.91 Å². The van der Waals surface area contributed by atoms with Gasteiger partial charge in [-0.25, -0.2) is 0 Å². The number of nitrogens with two attached hydrogens (primary N) is 1. The van der Waals surface area contributed by atoms with E-state index in [1.54, 1.807) is 12.3 Å². The molecule has 0 aliphatic rings. The maximum atomic E-state index is 12.2. The lowest BCUT2D eigenvalue weighted by Crippen LogP contribution is -2.27. The van der Waals surface area contributed by atoms with Crippen LogP contribution in [0, 0.1) is 0 Å². The number of amides is 1. The fourth-order valence-electron chi connectivity index (χ4n) is 1.61. The number of aromatic nitrogens is 1. The van der Waals surface area contributed by atoms with Crippen LogP contribution in [0.2, 0.25) is 4.34 Å². The lowest BCUT2D eigenvalue weighted by Gasteiger charge is -2.13. The second-order valence-electron chi connectivity index (χ2n) is 3.90. The molecule has 100 valence electrons. The van der Waals surface area contributed by atoms with Crippen LogP contribution in [0.1, 0.15) is 28.2 Å². The van der Waals surface area contributed by atoms with Gasteiger partial charge in [-0.2, -0.15) is 0 Å². The third-order valence-electron chi connectivity index (χ3n) is 2.59. The fraction of sp³-hybridized carbons (Fsp3) is 0.167. The second-order valence-corrected chi connectivity index (χ2v) is 5.65. The highest BCUT2D eigenvalue weighted by atomic mass is 35.5. The first-order chi connectivity index (χ1) is 9.11. The van der Waals surface area contributed by atoms with Crippen molar-refractivity contribution in [1.82, 2.24) is 10.3 Å². The molecule has 0 bridgehead atoms. The van der Waals surface area contributed by atoms with Crippen LogP contribution in [0.5, 0.6) is 0 Å². The first-order valence-electron chi connectivity index (χ1n) is 5.58. The van der Waals surface area contributed by atoms with Crippen molar-refractivity contribution in [3.8, 4) is 0 Å². The number of hydrogen-bond donors (Lipinski definition) is 3. The number of hydrogen-bond acceptors (Lipinski definition) is 5. The minimum absolute atomic E-state index is 0.121. The summed E-state index contributed by atoms with van der Waals surface area (Å²) in [5.74, 6) is 5.13. The zero-order chi connectivity index (χ0) is 13.8. The van der Waals surface area contributed by atoms with E-state index in [2.05, 4.69) is 15.7 Å². The van der Waals surface area contributed by atoms with Crippen molar-refractivity contribution < 1.29 is 4.79 Å². The Kier molecular flexibility index (Phi) is 4.36. The number of rotatable bonds is 4. The van der Waals surface area contributed by atoms with E-state index in [0.29, 0.717) is 15.6 Å². The monoisotopic (exact) mass is 296 g/mol. The molecule has 2 heterocycles. The van der Waals surface area contributed by atoms with E-state index in [9.17, 15) is 4.79 Å². The molecule has 0 saturated heterocycles. The molecule has 2 aromatic heterocycles. The maximum Gasteiger partial charge on any atom is 0.254 e. The Balaban J connectivity index is 2.12. The molecule has 1 amide bonds. The van der Waals surface area contributed by atoms with Gasteiger partial charge in [-0.3, -0.25) is 15.6 Å². The molecule has 2 rings (SSSR count). The van der Waals surface area contributed by atoms with E-state index in [4.69, 9.17) is 17.4 Å². The van der Waals surface area contributed by atoms with Crippen LogP contribution in [-0.4, -0.2) is 10.9 Å². The number of nitrogens with one attached hydrogen (secondary N) is 2. The predicted molar refractivity (Wildman–Crippen MR) is 77.3 cm³/mol. The summed E-state index contributed by atoms with van der Waals surface area (Å²) in [5, 5.41) is 2.89. The van der Waals surface area contributed by atoms with E-state index < -0.39 is 0 Å². The Morgan fingerprint density at radius 3 is 2.89 bits per heavy atom. The topological polar surface area (TPSA) is 80.0 Å². The number of hydrazine groups is 1. The minimum atomic E-state index is -0.215. The highest BCUT2D eigenvalue weighted by Crippen LogP contribution is 2.27. The molecule has 0 radical (unpaired) electrons. The Hall–Kier alpha value is -1.63. The summed E-state index contributed by atoms with van der Waals surface area (Å²) in [6.07, 6.45) is 3.05. The predicted octanol–water partition coefficient (Wildman–Crippen LogP) is 2.57. The van der Waals surface area contributed by atoms with Crippen molar-refractivity contribution in [2.45, 2.75) is 13.0 Å². The molecule has 2 aromatic rings. The van der Waals surface area contributed by atoms with Crippen LogP contribution < -0.4 is 16.6 Å². The van der Waals surface area contributed by atoms with E-state index in [-0.39, 0.29) is 11.9 Å². The minimum Gasteiger partial charge on any atom is -0.345 e. The largest absolute Gasteiger partial charge is 0.345 e. The summed E-state index contributed by atoms with van der Waals surface area (Å²) in [6, 6.07) is 5.19. The average Bonchev–Trinajstić information content (AvgIpc) is 2.85. The zero-order valence-electron chi connectivity index (χ0n) is 10.2. The van der Waals surface area contributed by atoms with E-state index in [1.165, 1.54) is 17.5 Å². The highest BCUT2D eigenvalue weighted by molar-refractivity contribution is 7.16. The summed E-state index contributed by atoms with van der Waals surface area (Å²) in [6.45, 7) is 1.90. The van der Waals surface area contributed by atoms with Crippen molar-refractivity contribution >= 4 is 34.5 Å². The number of nitrogen functional groups attached to an aromatic ring is 1. The molecule has 0 saturated carbocycles. The molecular formula is C12H13ClN4OS. The fourth-order valence-corrected chi connectivity index (χ4v) is 2.68. The van der Waals surface area contributed by atoms with Gasteiger partial charge in [-0.1, -0.05) is 11.6 Å². The quantitative estimate of drug-likeness (QED) is 0.598. The Morgan fingerprint density at radius 1 is 1.47 bits per heavy atom. The number of halogens is 1. The molecule has 0 aromatic carbocycles. The summed E-state index contributed by atoms with van der Waals surface area (Å²) in [5.41, 5.74) is 3.39. The van der Waals surface area contributed by atoms with Gasteiger partial charge in [-0.15, -0.1) is 11.3 Å². The smallest absolute Gasteiger partial charge is 0.254 e. The van der Waals surface area contributed by atoms with E-state index >= 15 is 0 Å². The molecule has 0 aliphatic heterocycles. The van der Waals surface area contributed by atoms with Crippen LogP contribution in [0.3, 0.4) is 0 Å². The first-order valence-corrected chi connectivity index (χ1v) is 6.78. The van der Waals surface area contributed by atoms with Gasteiger partial charge in [0.1, 0.15) is 0 Å². The van der Waals surface area contributed by atoms with Crippen molar-refractivity contribution in [1.29, 1.82) is 0 Å². The van der Waals surface area contributed by atoms with Crippen LogP contribution >= 0.6 is 22.9 Å². The third-order valence-corrected chi connectivity index (χ3v) is 4.00. The Bertz CT molecular complexity index is 587. The van der Waals surface area contributed by atoms with Crippen molar-refractivity contribution in [3.63, 3.8) is 0 Å². The molecule has 4 N–H and O–H groups in total. The highest BCUT2D eigenvalue weighted by Gasteiger charge is 2.15. The number of anilines is 1. The third kappa shape index (κ3) is 3.23. The maximum absolute atomic E-state index is 12.2. The van der Waals surface area contributed by atoms with Gasteiger partial charge in [0, 0.05) is 11.1 Å². The van der Waals surface area contributed by atoms with Crippen LogP contribution in [0.25, 0.3) is 0 Å². The number of carbonyl (C=O) groups is 1. The Labute approximate surface area is 119 Å². The van der Waals surface area contributed by atoms with Gasteiger partial charge in [0.15, 0.2) is 0 Å². The average molecular weight is 297 g/mol. The lowest BCUT2D eigenvalue weighted by molar-refractivity contribution is 0.0941. The van der Waals surface area contributed by atoms with E-state index in [0.717, 1.165) is 4.88 Å². The van der Waals surface area contributed by atoms with Crippen LogP contribution in [-0.2, 0) is 0 Å². The van der Waals surface area contributed by atoms with Gasteiger partial charge < -0.3 is 10.7 Å². The Morgan fingerprint density at radius 2 is 2.26 bits per heavy atom. The SMILES string of the molecule is CC(NC(=O)c1ccncc1NN)c1ccc(Cl)s1. The zero-order valence-corrected chi connectivity index (χ0v) is 11.8. The molecule has 19 heavy (non-hydrogen) atoms. The molecule has 0 spiro atoms. The molecule has 0 fully saturated rings. The summed E-state index contributed by atoms with van der Waals surface area (Å²) in [4.78, 5) is 17.0. The van der Waals surface area contributed by atoms with Crippen molar-refractivity contribution in [2.24, 2.45) is 5.84 Å². The standard InChI is InChI=1S/C12H13ClN4OS/c1-7(10-2-3-11(13)19-10)16-12(18)8-4-5-15-6-9(8)17-14/h2-7,17H,14H2,1H3,(H,16,18). The number of thiophene rings is 1. The van der Waals surface area contributed by atoms with Crippen LogP contribution in [0.4, 0.5) is 5.69 Å². The number of nitrogens with zero attached hydrogens (tertiary/aromatic N) is 1. The molecule has 1 atom stereocenters. The van der Waals surface area contributed by atoms with Crippen molar-refractivity contribution in [3.05, 3.63) is 45.4 Å². The summed E-state index contributed by atoms with van der Waals surface area (Å²) in [7, 11) is 0. The van der Waals surface area contributed by atoms with E-state index in [1.807, 2.05) is 19.1 Å². The molecule has 0 aliphatic carbocycles. The number of carbonyl (C=O) groups excluding carboxylic acids is 1. The summed E-state index contributed by atoms with van der Waals surface area (Å²) >= 11 is 7.32. The van der Waals surface area contributed by atoms with Gasteiger partial charge in [-0.05, 0) is 25.1 Å². The van der Waals surface area contributed by atoms with Crippen LogP contribution in [0.15, 0.2) is 30.6 Å². The second kappa shape index (κ2) is 6.01. The molecular weight excluding hydrogens is 284 g/mol. The lowest BCUT2D eigenvalue weighted by atomic mass is 10.2. The summed E-state index contributed by atoms with van der Waals surface area (Å²) < 4.78 is 0.698. The molecule has 1 unspecified atom stereocenters. The molecule has 7 heteroatoms. The first kappa shape index (κ1) is 13.8. The molecule has 5 nitrogen and oxygen atoms in total. The van der Waals surface area contributed by atoms with Crippen molar-refractivity contribution in [2.75, 3.05) is 5.43 Å². The van der Waals surface area contributed by atoms with Gasteiger partial charge in [0.05, 0.1) is 27.8 Å². The van der Waals surface area contributed by atoms with Gasteiger partial charge in [0.2, 0.25) is 0 Å². The van der Waals surface area contributed by atoms with Gasteiger partial charge >= 0.3 is 0 Å². The number of pyridine rings is 1. The normalized spacial score (nSPS) is 11.9.